The molecular formula is C40H27NO. The van der Waals surface area contributed by atoms with Gasteiger partial charge in [0.1, 0.15) is 11.5 Å². The first kappa shape index (κ1) is 24.2. The van der Waals surface area contributed by atoms with E-state index in [2.05, 4.69) is 169 Å². The fraction of sp³-hybridized carbons (Fsp3) is 0. The van der Waals surface area contributed by atoms with E-state index in [1.807, 2.05) is 0 Å². The van der Waals surface area contributed by atoms with Crippen LogP contribution in [-0.2, 0) is 0 Å². The SMILES string of the molecule is c1ccc(-c2ccc(N(c3ccccc3)c3cccc4c3-c3ccccc3Oc3c-4ccc4ccccc34)cc2)cc1. The lowest BCUT2D eigenvalue weighted by molar-refractivity contribution is 0.493. The number of nitrogens with zero attached hydrogens (tertiary/aromatic N) is 1. The Hall–Kier alpha value is -5.60. The molecule has 0 saturated heterocycles. The normalized spacial score (nSPS) is 11.5. The maximum Gasteiger partial charge on any atom is 0.143 e. The molecule has 0 amide bonds. The van der Waals surface area contributed by atoms with Gasteiger partial charge in [0.15, 0.2) is 0 Å². The van der Waals surface area contributed by atoms with Crippen molar-refractivity contribution in [3.63, 3.8) is 0 Å². The second-order valence-electron chi connectivity index (χ2n) is 10.5. The number of hydrogen-bond acceptors (Lipinski definition) is 2. The first-order chi connectivity index (χ1) is 20.8. The van der Waals surface area contributed by atoms with E-state index in [9.17, 15) is 0 Å². The van der Waals surface area contributed by atoms with E-state index in [1.165, 1.54) is 11.1 Å². The second kappa shape index (κ2) is 10.1. The molecule has 1 aliphatic heterocycles. The average Bonchev–Trinajstić information content (AvgIpc) is 3.21. The highest BCUT2D eigenvalue weighted by Gasteiger charge is 2.27. The van der Waals surface area contributed by atoms with Crippen molar-refractivity contribution in [3.8, 4) is 44.9 Å². The van der Waals surface area contributed by atoms with Crippen LogP contribution >= 0.6 is 0 Å². The Labute approximate surface area is 245 Å². The van der Waals surface area contributed by atoms with Crippen LogP contribution in [0.15, 0.2) is 164 Å². The summed E-state index contributed by atoms with van der Waals surface area (Å²) in [5.41, 5.74) is 10.2. The molecule has 42 heavy (non-hydrogen) atoms. The zero-order valence-electron chi connectivity index (χ0n) is 22.9. The second-order valence-corrected chi connectivity index (χ2v) is 10.5. The molecule has 0 N–H and O–H groups in total. The highest BCUT2D eigenvalue weighted by atomic mass is 16.5. The van der Waals surface area contributed by atoms with Crippen LogP contribution in [0, 0.1) is 0 Å². The molecule has 2 heteroatoms. The fourth-order valence-corrected chi connectivity index (χ4v) is 6.11. The molecule has 0 atom stereocenters. The number of hydrogen-bond donors (Lipinski definition) is 0. The third kappa shape index (κ3) is 4.05. The van der Waals surface area contributed by atoms with E-state index in [-0.39, 0.29) is 0 Å². The van der Waals surface area contributed by atoms with Crippen molar-refractivity contribution < 1.29 is 4.74 Å². The Kier molecular flexibility index (Phi) is 5.82. The molecule has 7 aromatic carbocycles. The predicted octanol–water partition coefficient (Wildman–Crippen LogP) is 11.4. The molecule has 0 spiro atoms. The first-order valence-corrected chi connectivity index (χ1v) is 14.3. The molecule has 0 unspecified atom stereocenters. The molecule has 1 heterocycles. The quantitative estimate of drug-likeness (QED) is 0.221. The minimum Gasteiger partial charge on any atom is -0.455 e. The van der Waals surface area contributed by atoms with Crippen LogP contribution in [0.4, 0.5) is 17.1 Å². The Balaban J connectivity index is 1.39. The van der Waals surface area contributed by atoms with Crippen LogP contribution in [0.2, 0.25) is 0 Å². The molecule has 0 aliphatic carbocycles. The largest absolute Gasteiger partial charge is 0.455 e. The van der Waals surface area contributed by atoms with Gasteiger partial charge in [-0.2, -0.15) is 0 Å². The maximum absolute atomic E-state index is 6.79. The highest BCUT2D eigenvalue weighted by molar-refractivity contribution is 6.04. The van der Waals surface area contributed by atoms with Gasteiger partial charge in [0, 0.05) is 33.5 Å². The third-order valence-electron chi connectivity index (χ3n) is 8.07. The Bertz CT molecular complexity index is 2050. The highest BCUT2D eigenvalue weighted by Crippen LogP contribution is 2.53. The summed E-state index contributed by atoms with van der Waals surface area (Å²) in [6.07, 6.45) is 0. The molecule has 1 aliphatic rings. The van der Waals surface area contributed by atoms with Gasteiger partial charge in [0.2, 0.25) is 0 Å². The summed E-state index contributed by atoms with van der Waals surface area (Å²) in [7, 11) is 0. The molecule has 0 aromatic heterocycles. The lowest BCUT2D eigenvalue weighted by Gasteiger charge is -2.29. The van der Waals surface area contributed by atoms with Gasteiger partial charge in [-0.3, -0.25) is 0 Å². The lowest BCUT2D eigenvalue weighted by atomic mass is 9.91. The number of fused-ring (bicyclic) bond motifs is 7. The smallest absolute Gasteiger partial charge is 0.143 e. The van der Waals surface area contributed by atoms with Crippen LogP contribution in [0.25, 0.3) is 44.2 Å². The van der Waals surface area contributed by atoms with Gasteiger partial charge in [-0.1, -0.05) is 121 Å². The zero-order chi connectivity index (χ0) is 27.9. The van der Waals surface area contributed by atoms with Gasteiger partial charge in [-0.25, -0.2) is 0 Å². The number of benzene rings is 7. The van der Waals surface area contributed by atoms with Gasteiger partial charge in [0.25, 0.3) is 0 Å². The summed E-state index contributed by atoms with van der Waals surface area (Å²) in [4.78, 5) is 2.36. The van der Waals surface area contributed by atoms with Gasteiger partial charge >= 0.3 is 0 Å². The van der Waals surface area contributed by atoms with Crippen molar-refractivity contribution in [2.24, 2.45) is 0 Å². The summed E-state index contributed by atoms with van der Waals surface area (Å²) < 4.78 is 6.79. The molecule has 0 saturated carbocycles. The first-order valence-electron chi connectivity index (χ1n) is 14.3. The number of ether oxygens (including phenoxy) is 1. The Morgan fingerprint density at radius 1 is 0.405 bits per heavy atom. The van der Waals surface area contributed by atoms with Crippen molar-refractivity contribution in [1.82, 2.24) is 0 Å². The van der Waals surface area contributed by atoms with E-state index < -0.39 is 0 Å². The Morgan fingerprint density at radius 2 is 1.05 bits per heavy atom. The van der Waals surface area contributed by atoms with Gasteiger partial charge < -0.3 is 9.64 Å². The van der Waals surface area contributed by atoms with Crippen LogP contribution in [-0.4, -0.2) is 0 Å². The molecular weight excluding hydrogens is 510 g/mol. The summed E-state index contributed by atoms with van der Waals surface area (Å²) in [5, 5.41) is 2.28. The third-order valence-corrected chi connectivity index (χ3v) is 8.07. The van der Waals surface area contributed by atoms with Crippen molar-refractivity contribution in [3.05, 3.63) is 164 Å². The molecule has 0 bridgehead atoms. The van der Waals surface area contributed by atoms with Crippen molar-refractivity contribution in [2.75, 3.05) is 4.90 Å². The van der Waals surface area contributed by atoms with E-state index >= 15 is 0 Å². The van der Waals surface area contributed by atoms with Crippen LogP contribution in [0.5, 0.6) is 11.5 Å². The van der Waals surface area contributed by atoms with E-state index in [0.29, 0.717) is 0 Å². The van der Waals surface area contributed by atoms with E-state index in [4.69, 9.17) is 4.74 Å². The summed E-state index contributed by atoms with van der Waals surface area (Å²) in [6.45, 7) is 0. The van der Waals surface area contributed by atoms with Crippen molar-refractivity contribution in [2.45, 2.75) is 0 Å². The minimum atomic E-state index is 0.855. The summed E-state index contributed by atoms with van der Waals surface area (Å²) >= 11 is 0. The fourth-order valence-electron chi connectivity index (χ4n) is 6.11. The Morgan fingerprint density at radius 3 is 1.88 bits per heavy atom. The molecule has 2 nitrogen and oxygen atoms in total. The standard InChI is InChI=1S/C40H27NO/c1-3-12-28(13-4-1)29-22-25-32(26-23-29)41(31-15-5-2-6-16-31)37-20-11-19-34-35-27-24-30-14-7-8-17-33(30)40(35)42-38-21-10-9-18-36(38)39(34)37/h1-27H. The summed E-state index contributed by atoms with van der Waals surface area (Å²) in [6, 6.07) is 57.8. The van der Waals surface area contributed by atoms with E-state index in [0.717, 1.165) is 61.6 Å². The van der Waals surface area contributed by atoms with Gasteiger partial charge in [-0.05, 0) is 64.5 Å². The zero-order valence-corrected chi connectivity index (χ0v) is 22.9. The maximum atomic E-state index is 6.79. The van der Waals surface area contributed by atoms with Crippen molar-refractivity contribution in [1.29, 1.82) is 0 Å². The topological polar surface area (TPSA) is 12.5 Å². The van der Waals surface area contributed by atoms with Crippen LogP contribution in [0.3, 0.4) is 0 Å². The number of para-hydroxylation sites is 2. The molecule has 7 aromatic rings. The summed E-state index contributed by atoms with van der Waals surface area (Å²) in [5.74, 6) is 1.75. The van der Waals surface area contributed by atoms with Gasteiger partial charge in [-0.15, -0.1) is 0 Å². The number of rotatable bonds is 4. The van der Waals surface area contributed by atoms with Crippen LogP contribution < -0.4 is 9.64 Å². The monoisotopic (exact) mass is 537 g/mol. The lowest BCUT2D eigenvalue weighted by Crippen LogP contribution is -2.11. The van der Waals surface area contributed by atoms with Crippen molar-refractivity contribution >= 4 is 27.8 Å². The van der Waals surface area contributed by atoms with Crippen LogP contribution in [0.1, 0.15) is 0 Å². The molecule has 198 valence electrons. The van der Waals surface area contributed by atoms with Gasteiger partial charge in [0.05, 0.1) is 5.69 Å². The van der Waals surface area contributed by atoms with E-state index in [1.54, 1.807) is 0 Å². The number of anilines is 3. The molecule has 0 fully saturated rings. The minimum absolute atomic E-state index is 0.855. The average molecular weight is 538 g/mol. The predicted molar refractivity (Wildman–Crippen MR) is 175 cm³/mol. The molecule has 0 radical (unpaired) electrons. The molecule has 8 rings (SSSR count).